The van der Waals surface area contributed by atoms with Crippen molar-refractivity contribution in [3.05, 3.63) is 0 Å². The first-order valence-electron chi connectivity index (χ1n) is 4.04. The van der Waals surface area contributed by atoms with Crippen LogP contribution in [0.2, 0.25) is 0 Å². The molecule has 0 aromatic carbocycles. The molecule has 0 radical (unpaired) electrons. The van der Waals surface area contributed by atoms with Crippen LogP contribution >= 0.6 is 0 Å². The molecular formula is C9H15NO2. The highest BCUT2D eigenvalue weighted by Crippen LogP contribution is 1.95. The first kappa shape index (κ1) is 11.2. The van der Waals surface area contributed by atoms with Gasteiger partial charge in [0.25, 0.3) is 0 Å². The van der Waals surface area contributed by atoms with Gasteiger partial charge in [0, 0.05) is 19.4 Å². The molecule has 0 aromatic heterocycles. The van der Waals surface area contributed by atoms with Crippen LogP contribution in [0.25, 0.3) is 0 Å². The molecule has 0 saturated carbocycles. The molecule has 3 nitrogen and oxygen atoms in total. The van der Waals surface area contributed by atoms with E-state index in [0.29, 0.717) is 26.0 Å². The van der Waals surface area contributed by atoms with Gasteiger partial charge in [0.2, 0.25) is 0 Å². The minimum atomic E-state index is 0.0960. The molecular weight excluding hydrogens is 154 g/mol. The summed E-state index contributed by atoms with van der Waals surface area (Å²) in [6, 6.07) is 0. The number of ether oxygens (including phenoxy) is 1. The van der Waals surface area contributed by atoms with Gasteiger partial charge in [0.1, 0.15) is 6.61 Å². The van der Waals surface area contributed by atoms with E-state index in [1.54, 1.807) is 0 Å². The maximum atomic E-state index is 11.0. The van der Waals surface area contributed by atoms with Crippen LogP contribution in [0.15, 0.2) is 0 Å². The molecule has 0 atom stereocenters. The number of carbonyl (C=O) groups is 1. The Kier molecular flexibility index (Phi) is 7.66. The fourth-order valence-electron chi connectivity index (χ4n) is 0.729. The van der Waals surface area contributed by atoms with Gasteiger partial charge in [-0.2, -0.15) is 0 Å². The molecule has 0 heterocycles. The molecule has 0 aliphatic carbocycles. The van der Waals surface area contributed by atoms with E-state index >= 15 is 0 Å². The summed E-state index contributed by atoms with van der Waals surface area (Å²) in [4.78, 5) is 11.0. The molecule has 0 bridgehead atoms. The number of unbranched alkanes of at least 4 members (excludes halogenated alkanes) is 1. The highest BCUT2D eigenvalue weighted by atomic mass is 16.5. The molecule has 0 aliphatic heterocycles. The van der Waals surface area contributed by atoms with Crippen molar-refractivity contribution in [3.8, 4) is 12.3 Å². The van der Waals surface area contributed by atoms with Crippen LogP contribution in [0.3, 0.4) is 0 Å². The molecule has 0 amide bonds. The van der Waals surface area contributed by atoms with E-state index in [-0.39, 0.29) is 12.4 Å². The van der Waals surface area contributed by atoms with Crippen LogP contribution in [-0.4, -0.2) is 25.5 Å². The van der Waals surface area contributed by atoms with E-state index < -0.39 is 0 Å². The average Bonchev–Trinajstić information content (AvgIpc) is 2.06. The Balaban J connectivity index is 3.17. The molecule has 0 spiro atoms. The molecule has 0 aliphatic rings. The van der Waals surface area contributed by atoms with E-state index in [9.17, 15) is 4.79 Å². The molecule has 0 aromatic rings. The van der Waals surface area contributed by atoms with Crippen molar-refractivity contribution in [2.45, 2.75) is 19.3 Å². The first-order valence-corrected chi connectivity index (χ1v) is 4.04. The molecule has 0 rings (SSSR count). The van der Waals surface area contributed by atoms with Gasteiger partial charge in [-0.3, -0.25) is 4.79 Å². The highest BCUT2D eigenvalue weighted by Gasteiger charge is 1.99. The molecule has 0 fully saturated rings. The second kappa shape index (κ2) is 8.25. The first-order chi connectivity index (χ1) is 5.81. The smallest absolute Gasteiger partial charge is 0.158 e. The topological polar surface area (TPSA) is 52.3 Å². The van der Waals surface area contributed by atoms with Crippen molar-refractivity contribution in [3.63, 3.8) is 0 Å². The Bertz CT molecular complexity index is 160. The predicted molar refractivity (Wildman–Crippen MR) is 47.6 cm³/mol. The minimum absolute atomic E-state index is 0.0960. The largest absolute Gasteiger partial charge is 0.372 e. The number of hydrogen-bond donors (Lipinski definition) is 1. The van der Waals surface area contributed by atoms with Gasteiger partial charge in [-0.05, 0) is 6.42 Å². The third kappa shape index (κ3) is 7.26. The van der Waals surface area contributed by atoms with Crippen LogP contribution in [0.4, 0.5) is 0 Å². The summed E-state index contributed by atoms with van der Waals surface area (Å²) in [5, 5.41) is 0. The molecule has 0 unspecified atom stereocenters. The quantitative estimate of drug-likeness (QED) is 0.441. The lowest BCUT2D eigenvalue weighted by atomic mass is 10.2. The summed E-state index contributed by atoms with van der Waals surface area (Å²) in [7, 11) is 0. The summed E-state index contributed by atoms with van der Waals surface area (Å²) in [6.45, 7) is 1.07. The summed E-state index contributed by atoms with van der Waals surface area (Å²) in [5.74, 6) is 2.57. The molecule has 12 heavy (non-hydrogen) atoms. The lowest BCUT2D eigenvalue weighted by Crippen LogP contribution is -2.14. The fourth-order valence-corrected chi connectivity index (χ4v) is 0.729. The number of rotatable bonds is 7. The summed E-state index contributed by atoms with van der Waals surface area (Å²) >= 11 is 0. The maximum absolute atomic E-state index is 11.0. The minimum Gasteiger partial charge on any atom is -0.372 e. The van der Waals surface area contributed by atoms with Crippen molar-refractivity contribution in [1.29, 1.82) is 0 Å². The number of carbonyl (C=O) groups excluding carboxylic acids is 1. The Labute approximate surface area is 73.3 Å². The van der Waals surface area contributed by atoms with Crippen LogP contribution in [0, 0.1) is 12.3 Å². The van der Waals surface area contributed by atoms with Gasteiger partial charge >= 0.3 is 0 Å². The average molecular weight is 169 g/mol. The standard InChI is InChI=1S/C9H15NO2/c1-2-3-4-5-9(11)8-12-7-6-10/h1H,3-8,10H2. The number of nitrogens with two attached hydrogens (primary N) is 1. The van der Waals surface area contributed by atoms with Crippen LogP contribution in [-0.2, 0) is 9.53 Å². The van der Waals surface area contributed by atoms with Gasteiger partial charge < -0.3 is 10.5 Å². The predicted octanol–water partition coefficient (Wildman–Crippen LogP) is 0.334. The zero-order chi connectivity index (χ0) is 9.23. The number of hydrogen-bond acceptors (Lipinski definition) is 3. The van der Waals surface area contributed by atoms with Crippen molar-refractivity contribution >= 4 is 5.78 Å². The fraction of sp³-hybridized carbons (Fsp3) is 0.667. The third-order valence-corrected chi connectivity index (χ3v) is 1.30. The Morgan fingerprint density at radius 3 is 2.92 bits per heavy atom. The van der Waals surface area contributed by atoms with Crippen molar-refractivity contribution < 1.29 is 9.53 Å². The number of ketones is 1. The van der Waals surface area contributed by atoms with Crippen molar-refractivity contribution in [2.24, 2.45) is 5.73 Å². The normalized spacial score (nSPS) is 9.33. The van der Waals surface area contributed by atoms with Crippen molar-refractivity contribution in [2.75, 3.05) is 19.8 Å². The second-order valence-corrected chi connectivity index (χ2v) is 2.44. The van der Waals surface area contributed by atoms with E-state index in [1.807, 2.05) is 0 Å². The van der Waals surface area contributed by atoms with E-state index in [2.05, 4.69) is 5.92 Å². The van der Waals surface area contributed by atoms with Gasteiger partial charge in [-0.25, -0.2) is 0 Å². The van der Waals surface area contributed by atoms with E-state index in [1.165, 1.54) is 0 Å². The summed E-state index contributed by atoms with van der Waals surface area (Å²) < 4.78 is 4.95. The lowest BCUT2D eigenvalue weighted by molar-refractivity contribution is -0.123. The second-order valence-electron chi connectivity index (χ2n) is 2.44. The monoisotopic (exact) mass is 169 g/mol. The van der Waals surface area contributed by atoms with Crippen molar-refractivity contribution in [1.82, 2.24) is 0 Å². The van der Waals surface area contributed by atoms with E-state index in [0.717, 1.165) is 6.42 Å². The van der Waals surface area contributed by atoms with Gasteiger partial charge in [0.15, 0.2) is 5.78 Å². The number of terminal acetylenes is 1. The molecule has 68 valence electrons. The van der Waals surface area contributed by atoms with Crippen LogP contribution in [0.5, 0.6) is 0 Å². The zero-order valence-electron chi connectivity index (χ0n) is 7.21. The van der Waals surface area contributed by atoms with Crippen LogP contribution < -0.4 is 5.73 Å². The highest BCUT2D eigenvalue weighted by molar-refractivity contribution is 5.79. The molecule has 2 N–H and O–H groups in total. The summed E-state index contributed by atoms with van der Waals surface area (Å²) in [6.07, 6.45) is 6.94. The lowest BCUT2D eigenvalue weighted by Gasteiger charge is -2.00. The summed E-state index contributed by atoms with van der Waals surface area (Å²) in [5.41, 5.74) is 5.17. The zero-order valence-corrected chi connectivity index (χ0v) is 7.21. The number of Topliss-reactive ketones (excluding diaryl/α,β-unsaturated/α-hetero) is 1. The van der Waals surface area contributed by atoms with Gasteiger partial charge in [-0.15, -0.1) is 12.3 Å². The van der Waals surface area contributed by atoms with E-state index in [4.69, 9.17) is 16.9 Å². The Morgan fingerprint density at radius 2 is 2.33 bits per heavy atom. The van der Waals surface area contributed by atoms with Gasteiger partial charge in [0.05, 0.1) is 6.61 Å². The van der Waals surface area contributed by atoms with Gasteiger partial charge in [-0.1, -0.05) is 0 Å². The SMILES string of the molecule is C#CCCCC(=O)COCCN. The maximum Gasteiger partial charge on any atom is 0.158 e. The molecule has 0 saturated heterocycles. The molecule has 3 heteroatoms. The Morgan fingerprint density at radius 1 is 1.58 bits per heavy atom. The Hall–Kier alpha value is -0.850. The van der Waals surface area contributed by atoms with Crippen LogP contribution in [0.1, 0.15) is 19.3 Å². The third-order valence-electron chi connectivity index (χ3n) is 1.30.